The summed E-state index contributed by atoms with van der Waals surface area (Å²) < 4.78 is 7.47. The molecule has 0 unspecified atom stereocenters. The largest absolute Gasteiger partial charge is 0.339 e. The number of aryl methyl sites for hydroxylation is 1. The van der Waals surface area contributed by atoms with E-state index in [2.05, 4.69) is 65.9 Å². The van der Waals surface area contributed by atoms with Crippen LogP contribution in [0.15, 0.2) is 35.0 Å². The fourth-order valence-corrected chi connectivity index (χ4v) is 2.48. The molecule has 0 aliphatic carbocycles. The summed E-state index contributed by atoms with van der Waals surface area (Å²) in [5, 5.41) is 5.33. The van der Waals surface area contributed by atoms with Gasteiger partial charge >= 0.3 is 0 Å². The van der Waals surface area contributed by atoms with Gasteiger partial charge in [0.25, 0.3) is 0 Å². The summed E-state index contributed by atoms with van der Waals surface area (Å²) in [7, 11) is 0. The number of fused-ring (bicyclic) bond motifs is 1. The topological polar surface area (TPSA) is 43.9 Å². The molecule has 1 aromatic carbocycles. The highest BCUT2D eigenvalue weighted by atomic mass is 16.5. The molecule has 2 heterocycles. The summed E-state index contributed by atoms with van der Waals surface area (Å²) in [6, 6.07) is 8.56. The van der Waals surface area contributed by atoms with Crippen LogP contribution in [0.1, 0.15) is 44.0 Å². The predicted octanol–water partition coefficient (Wildman–Crippen LogP) is 3.76. The average Bonchev–Trinajstić information content (AvgIpc) is 3.06. The van der Waals surface area contributed by atoms with Crippen molar-refractivity contribution in [1.29, 1.82) is 0 Å². The highest BCUT2D eigenvalue weighted by Crippen LogP contribution is 2.22. The van der Waals surface area contributed by atoms with Crippen LogP contribution < -0.4 is 0 Å². The van der Waals surface area contributed by atoms with Crippen LogP contribution in [0.5, 0.6) is 0 Å². The van der Waals surface area contributed by atoms with Crippen molar-refractivity contribution >= 4 is 10.9 Å². The third-order valence-electron chi connectivity index (χ3n) is 3.54. The monoisotopic (exact) mass is 269 g/mol. The standard InChI is InChI=1S/C16H19N3O/c1-4-12-6-5-7-13-8-9-19(15(12)13)10-14-17-16(11(2)3)20-18-14/h5-9,11H,4,10H2,1-3H3. The molecule has 0 radical (unpaired) electrons. The molecule has 4 heteroatoms. The lowest BCUT2D eigenvalue weighted by molar-refractivity contribution is 0.360. The smallest absolute Gasteiger partial charge is 0.229 e. The zero-order valence-corrected chi connectivity index (χ0v) is 12.1. The van der Waals surface area contributed by atoms with Gasteiger partial charge in [-0.25, -0.2) is 0 Å². The van der Waals surface area contributed by atoms with E-state index in [0.29, 0.717) is 12.4 Å². The Morgan fingerprint density at radius 1 is 1.25 bits per heavy atom. The number of nitrogens with zero attached hydrogens (tertiary/aromatic N) is 3. The van der Waals surface area contributed by atoms with E-state index in [9.17, 15) is 0 Å². The second-order valence-corrected chi connectivity index (χ2v) is 5.36. The van der Waals surface area contributed by atoms with Crippen LogP contribution in [0.3, 0.4) is 0 Å². The molecule has 0 amide bonds. The fraction of sp³-hybridized carbons (Fsp3) is 0.375. The second kappa shape index (κ2) is 5.12. The van der Waals surface area contributed by atoms with E-state index >= 15 is 0 Å². The van der Waals surface area contributed by atoms with Crippen LogP contribution >= 0.6 is 0 Å². The van der Waals surface area contributed by atoms with E-state index in [1.54, 1.807) is 0 Å². The van der Waals surface area contributed by atoms with E-state index in [1.807, 2.05) is 0 Å². The lowest BCUT2D eigenvalue weighted by atomic mass is 10.1. The maximum Gasteiger partial charge on any atom is 0.229 e. The van der Waals surface area contributed by atoms with Crippen molar-refractivity contribution in [3.63, 3.8) is 0 Å². The first-order chi connectivity index (χ1) is 9.69. The SMILES string of the molecule is CCc1cccc2ccn(Cc3noc(C(C)C)n3)c12. The quantitative estimate of drug-likeness (QED) is 0.724. The summed E-state index contributed by atoms with van der Waals surface area (Å²) >= 11 is 0. The highest BCUT2D eigenvalue weighted by Gasteiger charge is 2.12. The number of rotatable bonds is 4. The summed E-state index contributed by atoms with van der Waals surface area (Å²) in [4.78, 5) is 4.45. The second-order valence-electron chi connectivity index (χ2n) is 5.36. The van der Waals surface area contributed by atoms with Gasteiger partial charge in [0.05, 0.1) is 12.1 Å². The Kier molecular flexibility index (Phi) is 3.30. The molecule has 0 fully saturated rings. The molecule has 0 spiro atoms. The van der Waals surface area contributed by atoms with Crippen molar-refractivity contribution in [2.75, 3.05) is 0 Å². The van der Waals surface area contributed by atoms with Crippen LogP contribution in [0.2, 0.25) is 0 Å². The highest BCUT2D eigenvalue weighted by molar-refractivity contribution is 5.83. The Balaban J connectivity index is 1.97. The molecule has 3 rings (SSSR count). The first kappa shape index (κ1) is 12.9. The Morgan fingerprint density at radius 2 is 2.10 bits per heavy atom. The van der Waals surface area contributed by atoms with Gasteiger partial charge in [0.2, 0.25) is 5.89 Å². The van der Waals surface area contributed by atoms with Gasteiger partial charge in [-0.2, -0.15) is 4.98 Å². The minimum atomic E-state index is 0.267. The summed E-state index contributed by atoms with van der Waals surface area (Å²) in [5.41, 5.74) is 2.62. The van der Waals surface area contributed by atoms with Gasteiger partial charge in [0, 0.05) is 12.1 Å². The molecule has 0 saturated heterocycles. The lowest BCUT2D eigenvalue weighted by Gasteiger charge is -2.06. The minimum Gasteiger partial charge on any atom is -0.339 e. The van der Waals surface area contributed by atoms with E-state index in [4.69, 9.17) is 4.52 Å². The van der Waals surface area contributed by atoms with Gasteiger partial charge in [-0.05, 0) is 23.4 Å². The molecule has 0 N–H and O–H groups in total. The number of aromatic nitrogens is 3. The number of hydrogen-bond donors (Lipinski definition) is 0. The Labute approximate surface area is 118 Å². The molecule has 0 aliphatic heterocycles. The maximum absolute atomic E-state index is 5.27. The van der Waals surface area contributed by atoms with Gasteiger partial charge in [-0.15, -0.1) is 0 Å². The third kappa shape index (κ3) is 2.22. The van der Waals surface area contributed by atoms with Gasteiger partial charge < -0.3 is 9.09 Å². The normalized spacial score (nSPS) is 11.6. The van der Waals surface area contributed by atoms with Crippen molar-refractivity contribution in [1.82, 2.24) is 14.7 Å². The number of hydrogen-bond acceptors (Lipinski definition) is 3. The van der Waals surface area contributed by atoms with E-state index < -0.39 is 0 Å². The Bertz CT molecular complexity index is 724. The van der Waals surface area contributed by atoms with Crippen molar-refractivity contribution in [2.45, 2.75) is 39.7 Å². The first-order valence-corrected chi connectivity index (χ1v) is 7.08. The molecular weight excluding hydrogens is 250 g/mol. The molecule has 0 bridgehead atoms. The van der Waals surface area contributed by atoms with Crippen LogP contribution in [0.4, 0.5) is 0 Å². The zero-order valence-electron chi connectivity index (χ0n) is 12.1. The van der Waals surface area contributed by atoms with Crippen LogP contribution in [-0.4, -0.2) is 14.7 Å². The lowest BCUT2D eigenvalue weighted by Crippen LogP contribution is -2.02. The average molecular weight is 269 g/mol. The van der Waals surface area contributed by atoms with Gasteiger partial charge in [-0.1, -0.05) is 44.1 Å². The first-order valence-electron chi connectivity index (χ1n) is 7.08. The molecular formula is C16H19N3O. The van der Waals surface area contributed by atoms with Crippen molar-refractivity contribution < 1.29 is 4.52 Å². The van der Waals surface area contributed by atoms with Crippen LogP contribution in [-0.2, 0) is 13.0 Å². The number of benzene rings is 1. The van der Waals surface area contributed by atoms with E-state index in [-0.39, 0.29) is 5.92 Å². The molecule has 2 aromatic heterocycles. The maximum atomic E-state index is 5.27. The van der Waals surface area contributed by atoms with Gasteiger partial charge in [0.1, 0.15) is 0 Å². The molecule has 0 saturated carbocycles. The Morgan fingerprint density at radius 3 is 2.80 bits per heavy atom. The molecule has 20 heavy (non-hydrogen) atoms. The third-order valence-corrected chi connectivity index (χ3v) is 3.54. The fourth-order valence-electron chi connectivity index (χ4n) is 2.48. The van der Waals surface area contributed by atoms with E-state index in [0.717, 1.165) is 12.2 Å². The summed E-state index contributed by atoms with van der Waals surface area (Å²) in [5.74, 6) is 1.70. The van der Waals surface area contributed by atoms with Crippen LogP contribution in [0, 0.1) is 0 Å². The summed E-state index contributed by atoms with van der Waals surface area (Å²) in [6.45, 7) is 6.93. The van der Waals surface area contributed by atoms with Gasteiger partial charge in [-0.3, -0.25) is 0 Å². The van der Waals surface area contributed by atoms with Crippen molar-refractivity contribution in [3.8, 4) is 0 Å². The Hall–Kier alpha value is -2.10. The van der Waals surface area contributed by atoms with Crippen molar-refractivity contribution in [3.05, 3.63) is 47.7 Å². The predicted molar refractivity (Wildman–Crippen MR) is 78.8 cm³/mol. The minimum absolute atomic E-state index is 0.267. The van der Waals surface area contributed by atoms with Crippen LogP contribution in [0.25, 0.3) is 10.9 Å². The molecule has 104 valence electrons. The van der Waals surface area contributed by atoms with Crippen molar-refractivity contribution in [2.24, 2.45) is 0 Å². The summed E-state index contributed by atoms with van der Waals surface area (Å²) in [6.07, 6.45) is 3.11. The zero-order chi connectivity index (χ0) is 14.1. The molecule has 0 atom stereocenters. The molecule has 0 aliphatic rings. The van der Waals surface area contributed by atoms with E-state index in [1.165, 1.54) is 16.5 Å². The number of para-hydroxylation sites is 1. The molecule has 3 aromatic rings. The molecule has 4 nitrogen and oxygen atoms in total. The van der Waals surface area contributed by atoms with Gasteiger partial charge in [0.15, 0.2) is 5.82 Å².